The smallest absolute Gasteiger partial charge is 0.336 e. The van der Waals surface area contributed by atoms with Crippen molar-refractivity contribution in [2.24, 2.45) is 0 Å². The topological polar surface area (TPSA) is 63.3 Å². The van der Waals surface area contributed by atoms with E-state index >= 15 is 0 Å². The number of hydrogen-bond donors (Lipinski definition) is 2. The van der Waals surface area contributed by atoms with Crippen molar-refractivity contribution in [3.05, 3.63) is 53.8 Å². The molecule has 3 N–H and O–H groups in total. The van der Waals surface area contributed by atoms with E-state index in [1.165, 1.54) is 36.0 Å². The van der Waals surface area contributed by atoms with Gasteiger partial charge in [-0.3, -0.25) is 0 Å². The van der Waals surface area contributed by atoms with Crippen molar-refractivity contribution in [2.45, 2.75) is 9.79 Å². The van der Waals surface area contributed by atoms with Crippen LogP contribution < -0.4 is 5.73 Å². The van der Waals surface area contributed by atoms with Crippen molar-refractivity contribution < 1.29 is 14.3 Å². The van der Waals surface area contributed by atoms with Gasteiger partial charge in [-0.05, 0) is 42.5 Å². The molecule has 2 aromatic rings. The molecule has 0 aliphatic heterocycles. The quantitative estimate of drug-likeness (QED) is 0.834. The van der Waals surface area contributed by atoms with Crippen LogP contribution in [0.5, 0.6) is 0 Å². The van der Waals surface area contributed by atoms with Gasteiger partial charge in [0.15, 0.2) is 0 Å². The number of rotatable bonds is 3. The zero-order chi connectivity index (χ0) is 13.1. The maximum absolute atomic E-state index is 12.8. The molecule has 2 rings (SSSR count). The fourth-order valence-electron chi connectivity index (χ4n) is 1.43. The van der Waals surface area contributed by atoms with Crippen molar-refractivity contribution in [3.8, 4) is 0 Å². The molecule has 92 valence electrons. The van der Waals surface area contributed by atoms with Crippen molar-refractivity contribution in [1.82, 2.24) is 0 Å². The molecule has 0 aromatic heterocycles. The Morgan fingerprint density at radius 1 is 1.17 bits per heavy atom. The molecule has 18 heavy (non-hydrogen) atoms. The Labute approximate surface area is 107 Å². The molecule has 0 saturated carbocycles. The summed E-state index contributed by atoms with van der Waals surface area (Å²) in [6.45, 7) is 0. The van der Waals surface area contributed by atoms with Crippen LogP contribution in [0.3, 0.4) is 0 Å². The van der Waals surface area contributed by atoms with Gasteiger partial charge < -0.3 is 10.8 Å². The highest BCUT2D eigenvalue weighted by Gasteiger charge is 2.11. The number of nitrogen functional groups attached to an aromatic ring is 1. The highest BCUT2D eigenvalue weighted by Crippen LogP contribution is 2.32. The lowest BCUT2D eigenvalue weighted by Crippen LogP contribution is -1.99. The van der Waals surface area contributed by atoms with Gasteiger partial charge in [0.1, 0.15) is 5.82 Å². The number of carboxylic acid groups (broad SMARTS) is 1. The molecular formula is C13H10FNO2S. The first kappa shape index (κ1) is 12.4. The lowest BCUT2D eigenvalue weighted by atomic mass is 10.2. The zero-order valence-corrected chi connectivity index (χ0v) is 10.1. The summed E-state index contributed by atoms with van der Waals surface area (Å²) in [6, 6.07) is 10.4. The van der Waals surface area contributed by atoms with E-state index in [-0.39, 0.29) is 11.4 Å². The fourth-order valence-corrected chi connectivity index (χ4v) is 2.42. The third-order valence-corrected chi connectivity index (χ3v) is 3.34. The summed E-state index contributed by atoms with van der Waals surface area (Å²) in [7, 11) is 0. The van der Waals surface area contributed by atoms with Crippen molar-refractivity contribution in [1.29, 1.82) is 0 Å². The molecular weight excluding hydrogens is 253 g/mol. The third kappa shape index (κ3) is 2.81. The number of benzene rings is 2. The van der Waals surface area contributed by atoms with Gasteiger partial charge in [0.2, 0.25) is 0 Å². The van der Waals surface area contributed by atoms with Crippen LogP contribution in [-0.4, -0.2) is 11.1 Å². The highest BCUT2D eigenvalue weighted by atomic mass is 32.2. The predicted octanol–water partition coefficient (Wildman–Crippen LogP) is 3.26. The molecule has 0 atom stereocenters. The van der Waals surface area contributed by atoms with Crippen LogP contribution in [-0.2, 0) is 0 Å². The second kappa shape index (κ2) is 5.10. The standard InChI is InChI=1S/C13H10FNO2S/c14-8-1-4-10(5-2-8)18-12-7-9(15)3-6-11(12)13(16)17/h1-7H,15H2,(H,16,17). The van der Waals surface area contributed by atoms with Gasteiger partial charge in [-0.2, -0.15) is 0 Å². The Morgan fingerprint density at radius 3 is 2.44 bits per heavy atom. The zero-order valence-electron chi connectivity index (χ0n) is 9.26. The Morgan fingerprint density at radius 2 is 1.83 bits per heavy atom. The lowest BCUT2D eigenvalue weighted by Gasteiger charge is -2.06. The molecule has 0 aliphatic rings. The minimum atomic E-state index is -1.01. The summed E-state index contributed by atoms with van der Waals surface area (Å²) in [5.41, 5.74) is 6.31. The van der Waals surface area contributed by atoms with E-state index in [0.717, 1.165) is 4.90 Å². The average molecular weight is 263 g/mol. The van der Waals surface area contributed by atoms with Gasteiger partial charge in [0, 0.05) is 15.5 Å². The third-order valence-electron chi connectivity index (χ3n) is 2.28. The summed E-state index contributed by atoms with van der Waals surface area (Å²) in [4.78, 5) is 12.4. The molecule has 0 radical (unpaired) electrons. The first-order chi connectivity index (χ1) is 8.56. The van der Waals surface area contributed by atoms with E-state index in [1.807, 2.05) is 0 Å². The number of hydrogen-bond acceptors (Lipinski definition) is 3. The number of anilines is 1. The lowest BCUT2D eigenvalue weighted by molar-refractivity contribution is 0.0693. The van der Waals surface area contributed by atoms with Gasteiger partial charge in [0.05, 0.1) is 5.56 Å². The highest BCUT2D eigenvalue weighted by molar-refractivity contribution is 7.99. The largest absolute Gasteiger partial charge is 0.478 e. The van der Waals surface area contributed by atoms with E-state index in [2.05, 4.69) is 0 Å². The van der Waals surface area contributed by atoms with Crippen LogP contribution in [0.25, 0.3) is 0 Å². The van der Waals surface area contributed by atoms with Crippen LogP contribution in [0.15, 0.2) is 52.3 Å². The van der Waals surface area contributed by atoms with Crippen molar-refractivity contribution in [3.63, 3.8) is 0 Å². The Bertz CT molecular complexity index is 584. The summed E-state index contributed by atoms with van der Waals surface area (Å²) in [6.07, 6.45) is 0. The maximum Gasteiger partial charge on any atom is 0.336 e. The van der Waals surface area contributed by atoms with Gasteiger partial charge in [-0.15, -0.1) is 0 Å². The van der Waals surface area contributed by atoms with E-state index in [4.69, 9.17) is 10.8 Å². The average Bonchev–Trinajstić information content (AvgIpc) is 2.32. The van der Waals surface area contributed by atoms with E-state index in [9.17, 15) is 9.18 Å². The molecule has 0 amide bonds. The molecule has 0 saturated heterocycles. The summed E-state index contributed by atoms with van der Waals surface area (Å²) >= 11 is 1.24. The number of aromatic carboxylic acids is 1. The maximum atomic E-state index is 12.8. The van der Waals surface area contributed by atoms with E-state index in [0.29, 0.717) is 10.6 Å². The van der Waals surface area contributed by atoms with Crippen LogP contribution in [0.4, 0.5) is 10.1 Å². The molecule has 0 fully saturated rings. The summed E-state index contributed by atoms with van der Waals surface area (Å²) in [5, 5.41) is 9.06. The van der Waals surface area contributed by atoms with Gasteiger partial charge >= 0.3 is 5.97 Å². The molecule has 3 nitrogen and oxygen atoms in total. The van der Waals surface area contributed by atoms with Gasteiger partial charge in [0.25, 0.3) is 0 Å². The first-order valence-corrected chi connectivity index (χ1v) is 5.94. The number of carbonyl (C=O) groups is 1. The summed E-state index contributed by atoms with van der Waals surface area (Å²) < 4.78 is 12.8. The minimum absolute atomic E-state index is 0.179. The van der Waals surface area contributed by atoms with Crippen LogP contribution in [0.1, 0.15) is 10.4 Å². The molecule has 0 heterocycles. The van der Waals surface area contributed by atoms with Crippen LogP contribution in [0.2, 0.25) is 0 Å². The van der Waals surface area contributed by atoms with Gasteiger partial charge in [-0.25, -0.2) is 9.18 Å². The SMILES string of the molecule is Nc1ccc(C(=O)O)c(Sc2ccc(F)cc2)c1. The fraction of sp³-hybridized carbons (Fsp3) is 0. The molecule has 0 aliphatic carbocycles. The monoisotopic (exact) mass is 263 g/mol. The molecule has 5 heteroatoms. The molecule has 0 spiro atoms. The Hall–Kier alpha value is -2.01. The number of nitrogens with two attached hydrogens (primary N) is 1. The predicted molar refractivity (Wildman–Crippen MR) is 68.3 cm³/mol. The summed E-state index contributed by atoms with van der Waals surface area (Å²) in [5.74, 6) is -1.34. The first-order valence-electron chi connectivity index (χ1n) is 5.12. The van der Waals surface area contributed by atoms with Gasteiger partial charge in [-0.1, -0.05) is 11.8 Å². The Kier molecular flexibility index (Phi) is 3.53. The molecule has 0 bridgehead atoms. The van der Waals surface area contributed by atoms with E-state index < -0.39 is 5.97 Å². The number of carboxylic acids is 1. The van der Waals surface area contributed by atoms with Crippen LogP contribution in [0, 0.1) is 5.82 Å². The molecule has 2 aromatic carbocycles. The number of halogens is 1. The van der Waals surface area contributed by atoms with Crippen molar-refractivity contribution >= 4 is 23.4 Å². The second-order valence-electron chi connectivity index (χ2n) is 3.62. The van der Waals surface area contributed by atoms with E-state index in [1.54, 1.807) is 18.2 Å². The Balaban J connectivity index is 2.35. The van der Waals surface area contributed by atoms with Crippen LogP contribution >= 0.6 is 11.8 Å². The minimum Gasteiger partial charge on any atom is -0.478 e. The normalized spacial score (nSPS) is 10.3. The van der Waals surface area contributed by atoms with Crippen molar-refractivity contribution in [2.75, 3.05) is 5.73 Å². The second-order valence-corrected chi connectivity index (χ2v) is 4.73. The molecule has 0 unspecified atom stereocenters.